The van der Waals surface area contributed by atoms with Crippen molar-refractivity contribution in [1.82, 2.24) is 9.99 Å². The molecule has 5 rings (SSSR count). The molecular formula is C27H20ClN3O4. The molecule has 0 radical (unpaired) electrons. The topological polar surface area (TPSA) is 81.1 Å². The molecule has 0 fully saturated rings. The first-order chi connectivity index (χ1) is 16.9. The third-order valence-electron chi connectivity index (χ3n) is 5.48. The molecule has 1 atom stereocenters. The molecule has 1 aliphatic heterocycles. The number of hydrogen-bond acceptors (Lipinski definition) is 6. The largest absolute Gasteiger partial charge is 0.446 e. The second-order valence-corrected chi connectivity index (χ2v) is 8.39. The van der Waals surface area contributed by atoms with Crippen molar-refractivity contribution >= 4 is 40.3 Å². The second-order valence-electron chi connectivity index (χ2n) is 7.95. The van der Waals surface area contributed by atoms with E-state index in [4.69, 9.17) is 26.1 Å². The van der Waals surface area contributed by atoms with E-state index < -0.39 is 12.2 Å². The van der Waals surface area contributed by atoms with Gasteiger partial charge >= 0.3 is 5.97 Å². The summed E-state index contributed by atoms with van der Waals surface area (Å²) in [4.78, 5) is 29.1. The molecule has 1 aliphatic rings. The number of hydrazone groups is 1. The van der Waals surface area contributed by atoms with Gasteiger partial charge in [-0.25, -0.2) is 4.98 Å². The van der Waals surface area contributed by atoms with Crippen LogP contribution in [0.25, 0.3) is 22.2 Å². The minimum Gasteiger partial charge on any atom is -0.446 e. The Balaban J connectivity index is 1.64. The molecule has 35 heavy (non-hydrogen) atoms. The Morgan fingerprint density at radius 1 is 0.971 bits per heavy atom. The molecule has 0 spiro atoms. The summed E-state index contributed by atoms with van der Waals surface area (Å²) in [5, 5.41) is 6.94. The number of para-hydroxylation sites is 1. The summed E-state index contributed by atoms with van der Waals surface area (Å²) in [7, 11) is 0. The fourth-order valence-corrected chi connectivity index (χ4v) is 4.13. The number of halogens is 1. The number of carbonyl (C=O) groups excluding carboxylic acids is 2. The first kappa shape index (κ1) is 22.6. The standard InChI is InChI=1S/C27H20ClN3O4/c1-16(32)31-27(35-26(30-31)22-14-19(28)12-13-25(22)34-17(2)33)21-15-24(18-8-4-3-5-9-18)29-23-11-7-6-10-20(21)23/h3-15,27H,1-2H3/t27-/m0/s1. The van der Waals surface area contributed by atoms with E-state index in [2.05, 4.69) is 5.10 Å². The molecule has 0 saturated carbocycles. The molecule has 174 valence electrons. The molecule has 7 nitrogen and oxygen atoms in total. The maximum Gasteiger partial charge on any atom is 0.308 e. The lowest BCUT2D eigenvalue weighted by molar-refractivity contribution is -0.135. The zero-order valence-corrected chi connectivity index (χ0v) is 19.7. The van der Waals surface area contributed by atoms with Crippen LogP contribution in [0.2, 0.25) is 5.02 Å². The highest BCUT2D eigenvalue weighted by molar-refractivity contribution is 6.31. The van der Waals surface area contributed by atoms with Gasteiger partial charge in [0.15, 0.2) is 0 Å². The van der Waals surface area contributed by atoms with Crippen LogP contribution in [0.15, 0.2) is 84.0 Å². The predicted molar refractivity (Wildman–Crippen MR) is 133 cm³/mol. The number of esters is 1. The normalized spacial score (nSPS) is 15.0. The molecule has 0 unspecified atom stereocenters. The number of benzene rings is 3. The Labute approximate surface area is 206 Å². The van der Waals surface area contributed by atoms with E-state index in [1.54, 1.807) is 18.2 Å². The molecule has 1 amide bonds. The molecule has 0 saturated heterocycles. The van der Waals surface area contributed by atoms with Gasteiger partial charge in [0.25, 0.3) is 0 Å². The lowest BCUT2D eigenvalue weighted by atomic mass is 10.0. The highest BCUT2D eigenvalue weighted by Gasteiger charge is 2.36. The molecule has 3 aromatic carbocycles. The number of hydrogen-bond donors (Lipinski definition) is 0. The minimum absolute atomic E-state index is 0.117. The molecule has 2 heterocycles. The zero-order valence-electron chi connectivity index (χ0n) is 18.9. The van der Waals surface area contributed by atoms with Crippen LogP contribution in [0.3, 0.4) is 0 Å². The van der Waals surface area contributed by atoms with Gasteiger partial charge in [-0.1, -0.05) is 60.1 Å². The number of rotatable bonds is 4. The van der Waals surface area contributed by atoms with Crippen molar-refractivity contribution in [3.05, 3.63) is 95.0 Å². The molecular weight excluding hydrogens is 466 g/mol. The van der Waals surface area contributed by atoms with E-state index in [-0.39, 0.29) is 17.6 Å². The maximum absolute atomic E-state index is 12.6. The van der Waals surface area contributed by atoms with Gasteiger partial charge in [0.05, 0.1) is 16.8 Å². The van der Waals surface area contributed by atoms with Crippen molar-refractivity contribution < 1.29 is 19.1 Å². The lowest BCUT2D eigenvalue weighted by Crippen LogP contribution is -2.25. The number of fused-ring (bicyclic) bond motifs is 1. The van der Waals surface area contributed by atoms with Crippen LogP contribution in [-0.2, 0) is 14.3 Å². The average molecular weight is 486 g/mol. The van der Waals surface area contributed by atoms with Gasteiger partial charge < -0.3 is 9.47 Å². The second kappa shape index (κ2) is 9.19. The summed E-state index contributed by atoms with van der Waals surface area (Å²) in [5.41, 5.74) is 3.51. The molecule has 0 bridgehead atoms. The monoisotopic (exact) mass is 485 g/mol. The van der Waals surface area contributed by atoms with Crippen LogP contribution >= 0.6 is 11.6 Å². The highest BCUT2D eigenvalue weighted by Crippen LogP contribution is 2.38. The van der Waals surface area contributed by atoms with Crippen LogP contribution in [0.1, 0.15) is 31.2 Å². The van der Waals surface area contributed by atoms with Crippen molar-refractivity contribution in [2.45, 2.75) is 20.1 Å². The van der Waals surface area contributed by atoms with E-state index in [0.29, 0.717) is 10.6 Å². The van der Waals surface area contributed by atoms with Crippen LogP contribution in [0.5, 0.6) is 5.75 Å². The Morgan fingerprint density at radius 2 is 1.71 bits per heavy atom. The van der Waals surface area contributed by atoms with E-state index in [1.165, 1.54) is 18.9 Å². The fourth-order valence-electron chi connectivity index (χ4n) is 3.95. The number of aromatic nitrogens is 1. The average Bonchev–Trinajstić information content (AvgIpc) is 3.30. The number of ether oxygens (including phenoxy) is 2. The van der Waals surface area contributed by atoms with E-state index in [9.17, 15) is 9.59 Å². The maximum atomic E-state index is 12.6. The first-order valence-electron chi connectivity index (χ1n) is 10.9. The number of amides is 1. The SMILES string of the molecule is CC(=O)Oc1ccc(Cl)cc1C1=NN(C(C)=O)[C@H](c2cc(-c3ccccc3)nc3ccccc23)O1. The Kier molecular flexibility index (Phi) is 5.93. The van der Waals surface area contributed by atoms with Gasteiger partial charge in [-0.3, -0.25) is 9.59 Å². The zero-order chi connectivity index (χ0) is 24.5. The van der Waals surface area contributed by atoms with Gasteiger partial charge in [0, 0.05) is 35.4 Å². The third-order valence-corrected chi connectivity index (χ3v) is 5.71. The van der Waals surface area contributed by atoms with Crippen molar-refractivity contribution in [2.75, 3.05) is 0 Å². The first-order valence-corrected chi connectivity index (χ1v) is 11.3. The molecule has 0 aliphatic carbocycles. The highest BCUT2D eigenvalue weighted by atomic mass is 35.5. The van der Waals surface area contributed by atoms with Gasteiger partial charge in [-0.05, 0) is 30.3 Å². The molecule has 1 aromatic heterocycles. The Morgan fingerprint density at radius 3 is 2.46 bits per heavy atom. The van der Waals surface area contributed by atoms with Crippen LogP contribution in [0.4, 0.5) is 0 Å². The third kappa shape index (κ3) is 4.46. The number of pyridine rings is 1. The summed E-state index contributed by atoms with van der Waals surface area (Å²) in [6.45, 7) is 2.71. The van der Waals surface area contributed by atoms with Crippen LogP contribution < -0.4 is 4.74 Å². The summed E-state index contributed by atoms with van der Waals surface area (Å²) in [6, 6.07) is 24.1. The van der Waals surface area contributed by atoms with Gasteiger partial charge in [-0.2, -0.15) is 5.01 Å². The minimum atomic E-state index is -0.859. The van der Waals surface area contributed by atoms with Crippen molar-refractivity contribution in [3.8, 4) is 17.0 Å². The summed E-state index contributed by atoms with van der Waals surface area (Å²) < 4.78 is 11.6. The molecule has 4 aromatic rings. The van der Waals surface area contributed by atoms with Crippen molar-refractivity contribution in [2.24, 2.45) is 5.10 Å². The Bertz CT molecular complexity index is 1490. The summed E-state index contributed by atoms with van der Waals surface area (Å²) >= 11 is 6.21. The van der Waals surface area contributed by atoms with Crippen molar-refractivity contribution in [1.29, 1.82) is 0 Å². The van der Waals surface area contributed by atoms with Crippen LogP contribution in [0, 0.1) is 0 Å². The van der Waals surface area contributed by atoms with Gasteiger partial charge in [0.2, 0.25) is 18.0 Å². The fraction of sp³-hybridized carbons (Fsp3) is 0.111. The predicted octanol–water partition coefficient (Wildman–Crippen LogP) is 5.72. The van der Waals surface area contributed by atoms with Crippen LogP contribution in [-0.4, -0.2) is 27.8 Å². The van der Waals surface area contributed by atoms with E-state index in [0.717, 1.165) is 27.7 Å². The summed E-state index contributed by atoms with van der Waals surface area (Å²) in [5.74, 6) is -0.469. The lowest BCUT2D eigenvalue weighted by Gasteiger charge is -2.21. The Hall–Kier alpha value is -4.23. The number of carbonyl (C=O) groups is 2. The number of nitrogens with zero attached hydrogens (tertiary/aromatic N) is 3. The molecule has 0 N–H and O–H groups in total. The van der Waals surface area contributed by atoms with E-state index >= 15 is 0 Å². The van der Waals surface area contributed by atoms with E-state index in [1.807, 2.05) is 60.7 Å². The van der Waals surface area contributed by atoms with Gasteiger partial charge in [-0.15, -0.1) is 5.10 Å². The summed E-state index contributed by atoms with van der Waals surface area (Å²) in [6.07, 6.45) is -0.859. The van der Waals surface area contributed by atoms with Gasteiger partial charge in [0.1, 0.15) is 5.75 Å². The quantitative estimate of drug-likeness (QED) is 0.273. The molecule has 8 heteroatoms. The smallest absolute Gasteiger partial charge is 0.308 e. The van der Waals surface area contributed by atoms with Crippen molar-refractivity contribution in [3.63, 3.8) is 0 Å².